The van der Waals surface area contributed by atoms with Gasteiger partial charge in [0.2, 0.25) is 0 Å². The van der Waals surface area contributed by atoms with Crippen LogP contribution in [0.5, 0.6) is 5.75 Å². The van der Waals surface area contributed by atoms with E-state index in [1.807, 2.05) is 0 Å². The third-order valence-corrected chi connectivity index (χ3v) is 1.70. The molecule has 0 saturated heterocycles. The fourth-order valence-electron chi connectivity index (χ4n) is 0.902. The Bertz CT molecular complexity index is 309. The quantitative estimate of drug-likeness (QED) is 0.829. The van der Waals surface area contributed by atoms with Gasteiger partial charge in [-0.1, -0.05) is 22.5 Å². The van der Waals surface area contributed by atoms with E-state index in [-0.39, 0.29) is 11.6 Å². The molecule has 0 bridgehead atoms. The summed E-state index contributed by atoms with van der Waals surface area (Å²) in [7, 11) is 0. The molecule has 1 aromatic carbocycles. The molecule has 0 aliphatic carbocycles. The van der Waals surface area contributed by atoms with E-state index in [4.69, 9.17) is 0 Å². The van der Waals surface area contributed by atoms with Crippen molar-refractivity contribution >= 4 is 15.9 Å². The first-order chi connectivity index (χ1) is 5.59. The fraction of sp³-hybridized carbons (Fsp3) is 0.111. The van der Waals surface area contributed by atoms with E-state index >= 15 is 0 Å². The van der Waals surface area contributed by atoms with Crippen LogP contribution >= 0.6 is 15.9 Å². The van der Waals surface area contributed by atoms with Gasteiger partial charge >= 0.3 is 0 Å². The minimum atomic E-state index is -0.350. The summed E-state index contributed by atoms with van der Waals surface area (Å²) in [6.45, 7) is 3.60. The molecule has 0 spiro atoms. The number of benzene rings is 1. The second kappa shape index (κ2) is 3.72. The molecule has 0 unspecified atom stereocenters. The molecule has 0 saturated carbocycles. The number of aromatic hydroxyl groups is 1. The highest BCUT2D eigenvalue weighted by atomic mass is 79.9. The smallest absolute Gasteiger partial charge is 0.123 e. The predicted octanol–water partition coefficient (Wildman–Crippen LogP) is 2.98. The maximum Gasteiger partial charge on any atom is 0.123 e. The predicted molar refractivity (Wildman–Crippen MR) is 49.8 cm³/mol. The Morgan fingerprint density at radius 2 is 2.25 bits per heavy atom. The molecule has 0 fully saturated rings. The van der Waals surface area contributed by atoms with Gasteiger partial charge in [0.25, 0.3) is 0 Å². The van der Waals surface area contributed by atoms with Crippen molar-refractivity contribution in [3.63, 3.8) is 0 Å². The summed E-state index contributed by atoms with van der Waals surface area (Å²) in [5.74, 6) is -0.256. The van der Waals surface area contributed by atoms with Gasteiger partial charge in [0.15, 0.2) is 0 Å². The monoisotopic (exact) mass is 230 g/mol. The van der Waals surface area contributed by atoms with E-state index in [1.165, 1.54) is 18.2 Å². The minimum Gasteiger partial charge on any atom is -0.508 e. The van der Waals surface area contributed by atoms with Crippen molar-refractivity contribution in [2.24, 2.45) is 0 Å². The van der Waals surface area contributed by atoms with Crippen molar-refractivity contribution in [1.29, 1.82) is 0 Å². The highest BCUT2D eigenvalue weighted by Crippen LogP contribution is 2.22. The molecule has 64 valence electrons. The molecule has 3 heteroatoms. The van der Waals surface area contributed by atoms with E-state index < -0.39 is 0 Å². The summed E-state index contributed by atoms with van der Waals surface area (Å²) in [6, 6.07) is 3.85. The van der Waals surface area contributed by atoms with Crippen molar-refractivity contribution in [2.45, 2.75) is 6.42 Å². The molecule has 1 aromatic rings. The van der Waals surface area contributed by atoms with Gasteiger partial charge in [-0.3, -0.25) is 0 Å². The molecule has 1 nitrogen and oxygen atoms in total. The lowest BCUT2D eigenvalue weighted by molar-refractivity contribution is 0.467. The summed E-state index contributed by atoms with van der Waals surface area (Å²) < 4.78 is 13.4. The van der Waals surface area contributed by atoms with Crippen molar-refractivity contribution in [3.8, 4) is 5.75 Å². The first-order valence-electron chi connectivity index (χ1n) is 3.40. The summed E-state index contributed by atoms with van der Waals surface area (Å²) in [4.78, 5) is 0. The summed E-state index contributed by atoms with van der Waals surface area (Å²) in [5.41, 5.74) is 0.539. The van der Waals surface area contributed by atoms with Gasteiger partial charge in [-0.05, 0) is 22.7 Å². The molecular formula is C9H8BrFO. The molecular weight excluding hydrogens is 223 g/mol. The lowest BCUT2D eigenvalue weighted by atomic mass is 10.1. The molecule has 12 heavy (non-hydrogen) atoms. The summed E-state index contributed by atoms with van der Waals surface area (Å²) in [6.07, 6.45) is 0.434. The second-order valence-electron chi connectivity index (χ2n) is 2.47. The van der Waals surface area contributed by atoms with Crippen LogP contribution in [-0.2, 0) is 6.42 Å². The van der Waals surface area contributed by atoms with Gasteiger partial charge < -0.3 is 5.11 Å². The van der Waals surface area contributed by atoms with Crippen LogP contribution in [0, 0.1) is 5.82 Å². The maximum atomic E-state index is 12.6. The van der Waals surface area contributed by atoms with Crippen LogP contribution in [0.4, 0.5) is 4.39 Å². The SMILES string of the molecule is C=C(Br)Cc1cc(F)ccc1O. The lowest BCUT2D eigenvalue weighted by Gasteiger charge is -2.02. The first-order valence-corrected chi connectivity index (χ1v) is 4.19. The van der Waals surface area contributed by atoms with Crippen LogP contribution in [0.15, 0.2) is 29.3 Å². The largest absolute Gasteiger partial charge is 0.508 e. The van der Waals surface area contributed by atoms with Crippen molar-refractivity contribution in [1.82, 2.24) is 0 Å². The lowest BCUT2D eigenvalue weighted by Crippen LogP contribution is -1.86. The zero-order valence-corrected chi connectivity index (χ0v) is 7.94. The normalized spacial score (nSPS) is 9.83. The molecule has 0 aromatic heterocycles. The van der Waals surface area contributed by atoms with Gasteiger partial charge in [-0.2, -0.15) is 0 Å². The van der Waals surface area contributed by atoms with Crippen molar-refractivity contribution in [2.75, 3.05) is 0 Å². The summed E-state index contributed by atoms with van der Waals surface area (Å²) in [5, 5.41) is 9.26. The number of phenolic OH excluding ortho intramolecular Hbond substituents is 1. The van der Waals surface area contributed by atoms with Gasteiger partial charge in [0.1, 0.15) is 11.6 Å². The number of rotatable bonds is 2. The average Bonchev–Trinajstić information content (AvgIpc) is 1.96. The van der Waals surface area contributed by atoms with Gasteiger partial charge in [-0.25, -0.2) is 4.39 Å². The van der Waals surface area contributed by atoms with E-state index in [2.05, 4.69) is 22.5 Å². The van der Waals surface area contributed by atoms with E-state index in [9.17, 15) is 9.50 Å². The number of hydrogen-bond acceptors (Lipinski definition) is 1. The Kier molecular flexibility index (Phi) is 2.87. The van der Waals surface area contributed by atoms with E-state index in [0.717, 1.165) is 0 Å². The molecule has 0 radical (unpaired) electrons. The van der Waals surface area contributed by atoms with Gasteiger partial charge in [-0.15, -0.1) is 0 Å². The number of allylic oxidation sites excluding steroid dienone is 1. The minimum absolute atomic E-state index is 0.0944. The van der Waals surface area contributed by atoms with Crippen LogP contribution in [0.2, 0.25) is 0 Å². The molecule has 0 heterocycles. The molecule has 0 aliphatic heterocycles. The second-order valence-corrected chi connectivity index (χ2v) is 3.59. The Hall–Kier alpha value is -0.830. The number of phenols is 1. The van der Waals surface area contributed by atoms with Crippen molar-refractivity contribution < 1.29 is 9.50 Å². The molecule has 1 rings (SSSR count). The van der Waals surface area contributed by atoms with Crippen LogP contribution in [0.3, 0.4) is 0 Å². The topological polar surface area (TPSA) is 20.2 Å². The third kappa shape index (κ3) is 2.34. The van der Waals surface area contributed by atoms with Crippen molar-refractivity contribution in [3.05, 3.63) is 40.6 Å². The Morgan fingerprint density at radius 3 is 2.83 bits per heavy atom. The first kappa shape index (κ1) is 9.26. The zero-order chi connectivity index (χ0) is 9.14. The van der Waals surface area contributed by atoms with Crippen LogP contribution in [0.1, 0.15) is 5.56 Å². The standard InChI is InChI=1S/C9H8BrFO/c1-6(10)4-7-5-8(11)2-3-9(7)12/h2-3,5,12H,1,4H2. The van der Waals surface area contributed by atoms with Crippen LogP contribution in [-0.4, -0.2) is 5.11 Å². The highest BCUT2D eigenvalue weighted by molar-refractivity contribution is 9.11. The molecule has 0 amide bonds. The zero-order valence-electron chi connectivity index (χ0n) is 6.35. The number of hydrogen-bond donors (Lipinski definition) is 1. The summed E-state index contributed by atoms with van der Waals surface area (Å²) >= 11 is 3.14. The van der Waals surface area contributed by atoms with Crippen LogP contribution < -0.4 is 0 Å². The molecule has 0 aliphatic rings. The Morgan fingerprint density at radius 1 is 1.58 bits per heavy atom. The Balaban J connectivity index is 2.97. The van der Waals surface area contributed by atoms with Gasteiger partial charge in [0, 0.05) is 12.0 Å². The highest BCUT2D eigenvalue weighted by Gasteiger charge is 2.02. The third-order valence-electron chi connectivity index (χ3n) is 1.42. The van der Waals surface area contributed by atoms with E-state index in [0.29, 0.717) is 16.5 Å². The Labute approximate surface area is 78.7 Å². The van der Waals surface area contributed by atoms with E-state index in [1.54, 1.807) is 0 Å². The molecule has 0 atom stereocenters. The maximum absolute atomic E-state index is 12.6. The molecule has 1 N–H and O–H groups in total. The van der Waals surface area contributed by atoms with Gasteiger partial charge in [0.05, 0.1) is 0 Å². The average molecular weight is 231 g/mol. The fourth-order valence-corrected chi connectivity index (χ4v) is 1.20. The number of halogens is 2. The van der Waals surface area contributed by atoms with Crippen LogP contribution in [0.25, 0.3) is 0 Å².